The van der Waals surface area contributed by atoms with E-state index in [0.29, 0.717) is 18.1 Å². The van der Waals surface area contributed by atoms with Crippen molar-refractivity contribution < 1.29 is 9.53 Å². The number of methoxy groups -OCH3 is 1. The zero-order valence-electron chi connectivity index (χ0n) is 13.7. The number of rotatable bonds is 7. The van der Waals surface area contributed by atoms with Gasteiger partial charge in [-0.05, 0) is 38.0 Å². The van der Waals surface area contributed by atoms with Gasteiger partial charge < -0.3 is 15.4 Å². The molecule has 0 spiro atoms. The van der Waals surface area contributed by atoms with Crippen molar-refractivity contribution in [2.75, 3.05) is 19.0 Å². The van der Waals surface area contributed by atoms with Crippen molar-refractivity contribution in [1.29, 1.82) is 0 Å². The van der Waals surface area contributed by atoms with E-state index in [0.717, 1.165) is 17.7 Å². The summed E-state index contributed by atoms with van der Waals surface area (Å²) < 4.78 is 5.11. The van der Waals surface area contributed by atoms with E-state index in [1.165, 1.54) is 6.20 Å². The van der Waals surface area contributed by atoms with Crippen LogP contribution in [0.5, 0.6) is 5.75 Å². The van der Waals surface area contributed by atoms with Crippen LogP contribution in [0.1, 0.15) is 29.9 Å². The van der Waals surface area contributed by atoms with Crippen molar-refractivity contribution >= 4 is 11.7 Å². The molecule has 1 aromatic carbocycles. The van der Waals surface area contributed by atoms with E-state index in [1.807, 2.05) is 38.1 Å². The number of nitrogens with one attached hydrogen (secondary N) is 2. The number of carbonyl (C=O) groups excluding carboxylic acids is 1. The van der Waals surface area contributed by atoms with Gasteiger partial charge in [-0.25, -0.2) is 9.97 Å². The van der Waals surface area contributed by atoms with Crippen molar-refractivity contribution in [2.24, 2.45) is 0 Å². The molecule has 0 unspecified atom stereocenters. The fraction of sp³-hybridized carbons (Fsp3) is 0.353. The summed E-state index contributed by atoms with van der Waals surface area (Å²) in [7, 11) is 1.64. The van der Waals surface area contributed by atoms with Crippen molar-refractivity contribution in [1.82, 2.24) is 15.3 Å². The number of anilines is 1. The van der Waals surface area contributed by atoms with Crippen LogP contribution < -0.4 is 15.4 Å². The highest BCUT2D eigenvalue weighted by molar-refractivity contribution is 5.91. The Balaban J connectivity index is 1.81. The van der Waals surface area contributed by atoms with Crippen LogP contribution >= 0.6 is 0 Å². The molecule has 0 atom stereocenters. The van der Waals surface area contributed by atoms with Gasteiger partial charge in [-0.2, -0.15) is 0 Å². The fourth-order valence-electron chi connectivity index (χ4n) is 2.02. The molecule has 0 saturated carbocycles. The molecule has 0 radical (unpaired) electrons. The largest absolute Gasteiger partial charge is 0.497 e. The van der Waals surface area contributed by atoms with Gasteiger partial charge in [0.1, 0.15) is 17.3 Å². The molecule has 0 aliphatic carbocycles. The van der Waals surface area contributed by atoms with Gasteiger partial charge in [0.15, 0.2) is 0 Å². The van der Waals surface area contributed by atoms with Crippen LogP contribution in [0.25, 0.3) is 0 Å². The van der Waals surface area contributed by atoms with Gasteiger partial charge in [0.05, 0.1) is 19.5 Å². The summed E-state index contributed by atoms with van der Waals surface area (Å²) >= 11 is 0. The summed E-state index contributed by atoms with van der Waals surface area (Å²) in [6.45, 7) is 4.57. The number of hydrogen-bond acceptors (Lipinski definition) is 5. The lowest BCUT2D eigenvalue weighted by Crippen LogP contribution is -2.26. The number of amides is 1. The second-order valence-corrected chi connectivity index (χ2v) is 5.44. The maximum Gasteiger partial charge on any atom is 0.271 e. The maximum absolute atomic E-state index is 12.0. The SMILES string of the molecule is COc1ccc(CCNC(=O)c2cnc(NC(C)C)cn2)cc1. The minimum Gasteiger partial charge on any atom is -0.497 e. The van der Waals surface area contributed by atoms with E-state index in [4.69, 9.17) is 4.74 Å². The zero-order chi connectivity index (χ0) is 16.7. The highest BCUT2D eigenvalue weighted by Crippen LogP contribution is 2.11. The minimum absolute atomic E-state index is 0.220. The lowest BCUT2D eigenvalue weighted by molar-refractivity contribution is 0.0949. The van der Waals surface area contributed by atoms with Crippen LogP contribution in [-0.2, 0) is 6.42 Å². The molecule has 1 amide bonds. The molecular weight excluding hydrogens is 292 g/mol. The monoisotopic (exact) mass is 314 g/mol. The summed E-state index contributed by atoms with van der Waals surface area (Å²) in [4.78, 5) is 20.3. The summed E-state index contributed by atoms with van der Waals surface area (Å²) in [6, 6.07) is 8.05. The van der Waals surface area contributed by atoms with Crippen molar-refractivity contribution in [3.63, 3.8) is 0 Å². The van der Waals surface area contributed by atoms with Gasteiger partial charge in [-0.3, -0.25) is 4.79 Å². The first kappa shape index (κ1) is 16.7. The Kier molecular flexibility index (Phi) is 5.91. The average Bonchev–Trinajstić information content (AvgIpc) is 2.55. The quantitative estimate of drug-likeness (QED) is 0.820. The Morgan fingerprint density at radius 1 is 1.17 bits per heavy atom. The molecule has 2 N–H and O–H groups in total. The van der Waals surface area contributed by atoms with E-state index in [-0.39, 0.29) is 11.9 Å². The zero-order valence-corrected chi connectivity index (χ0v) is 13.7. The van der Waals surface area contributed by atoms with E-state index < -0.39 is 0 Å². The van der Waals surface area contributed by atoms with Crippen LogP contribution in [0.15, 0.2) is 36.7 Å². The van der Waals surface area contributed by atoms with Crippen LogP contribution in [-0.4, -0.2) is 35.6 Å². The Morgan fingerprint density at radius 2 is 1.91 bits per heavy atom. The van der Waals surface area contributed by atoms with Crippen molar-refractivity contribution in [3.8, 4) is 5.75 Å². The Bertz CT molecular complexity index is 624. The normalized spacial score (nSPS) is 10.4. The van der Waals surface area contributed by atoms with Crippen LogP contribution in [0, 0.1) is 0 Å². The van der Waals surface area contributed by atoms with Gasteiger partial charge in [0, 0.05) is 12.6 Å². The first-order valence-corrected chi connectivity index (χ1v) is 7.58. The maximum atomic E-state index is 12.0. The standard InChI is InChI=1S/C17H22N4O2/c1-12(2)21-16-11-19-15(10-20-16)17(22)18-9-8-13-4-6-14(23-3)7-5-13/h4-7,10-12H,8-9H2,1-3H3,(H,18,22)(H,20,21). The third kappa shape index (κ3) is 5.25. The smallest absolute Gasteiger partial charge is 0.271 e. The van der Waals surface area contributed by atoms with E-state index in [9.17, 15) is 4.79 Å². The first-order chi connectivity index (χ1) is 11.1. The van der Waals surface area contributed by atoms with E-state index in [1.54, 1.807) is 13.3 Å². The topological polar surface area (TPSA) is 76.1 Å². The van der Waals surface area contributed by atoms with Gasteiger partial charge in [0.2, 0.25) is 0 Å². The molecule has 0 aliphatic rings. The Hall–Kier alpha value is -2.63. The number of nitrogens with zero attached hydrogens (tertiary/aromatic N) is 2. The highest BCUT2D eigenvalue weighted by Gasteiger charge is 2.07. The molecule has 2 aromatic rings. The van der Waals surface area contributed by atoms with Crippen LogP contribution in [0.4, 0.5) is 5.82 Å². The fourth-order valence-corrected chi connectivity index (χ4v) is 2.02. The summed E-state index contributed by atoms with van der Waals surface area (Å²) in [6.07, 6.45) is 3.79. The molecule has 0 bridgehead atoms. The molecule has 0 saturated heterocycles. The molecule has 0 aliphatic heterocycles. The molecule has 6 heteroatoms. The molecule has 122 valence electrons. The summed E-state index contributed by atoms with van der Waals surface area (Å²) in [5, 5.41) is 5.97. The Labute approximate surface area is 136 Å². The summed E-state index contributed by atoms with van der Waals surface area (Å²) in [5.41, 5.74) is 1.45. The number of ether oxygens (including phenoxy) is 1. The lowest BCUT2D eigenvalue weighted by Gasteiger charge is -2.09. The molecule has 23 heavy (non-hydrogen) atoms. The van der Waals surface area contributed by atoms with Gasteiger partial charge >= 0.3 is 0 Å². The predicted octanol–water partition coefficient (Wildman–Crippen LogP) is 2.28. The number of hydrogen-bond donors (Lipinski definition) is 2. The number of carbonyl (C=O) groups is 1. The molecule has 0 fully saturated rings. The van der Waals surface area contributed by atoms with Gasteiger partial charge in [0.25, 0.3) is 5.91 Å². The highest BCUT2D eigenvalue weighted by atomic mass is 16.5. The van der Waals surface area contributed by atoms with Crippen molar-refractivity contribution in [2.45, 2.75) is 26.3 Å². The van der Waals surface area contributed by atoms with Gasteiger partial charge in [-0.1, -0.05) is 12.1 Å². The third-order valence-electron chi connectivity index (χ3n) is 3.18. The van der Waals surface area contributed by atoms with Crippen LogP contribution in [0.2, 0.25) is 0 Å². The van der Waals surface area contributed by atoms with E-state index >= 15 is 0 Å². The van der Waals surface area contributed by atoms with E-state index in [2.05, 4.69) is 20.6 Å². The molecular formula is C17H22N4O2. The predicted molar refractivity (Wildman–Crippen MR) is 89.8 cm³/mol. The molecule has 1 heterocycles. The molecule has 2 rings (SSSR count). The first-order valence-electron chi connectivity index (χ1n) is 7.58. The summed E-state index contributed by atoms with van der Waals surface area (Å²) in [5.74, 6) is 1.26. The van der Waals surface area contributed by atoms with Crippen molar-refractivity contribution in [3.05, 3.63) is 47.9 Å². The average molecular weight is 314 g/mol. The van der Waals surface area contributed by atoms with Crippen LogP contribution in [0.3, 0.4) is 0 Å². The second kappa shape index (κ2) is 8.12. The number of aromatic nitrogens is 2. The molecule has 6 nitrogen and oxygen atoms in total. The number of benzene rings is 1. The minimum atomic E-state index is -0.220. The molecule has 1 aromatic heterocycles. The Morgan fingerprint density at radius 3 is 2.48 bits per heavy atom. The lowest BCUT2D eigenvalue weighted by atomic mass is 10.1. The second-order valence-electron chi connectivity index (χ2n) is 5.44. The van der Waals surface area contributed by atoms with Gasteiger partial charge in [-0.15, -0.1) is 0 Å². The third-order valence-corrected chi connectivity index (χ3v) is 3.18.